The zero-order valence-corrected chi connectivity index (χ0v) is 12.4. The van der Waals surface area contributed by atoms with Crippen molar-refractivity contribution >= 4 is 24.8 Å². The largest absolute Gasteiger partial charge is 0.510 e. The molecule has 3 rings (SSSR count). The molecule has 124 valence electrons. The van der Waals surface area contributed by atoms with E-state index in [0.29, 0.717) is 0 Å². The van der Waals surface area contributed by atoms with Gasteiger partial charge in [0.25, 0.3) is 5.56 Å². The van der Waals surface area contributed by atoms with Crippen LogP contribution in [-0.4, -0.2) is 42.1 Å². The predicted octanol–water partition coefficient (Wildman–Crippen LogP) is -0.245. The Labute approximate surface area is 128 Å². The number of aliphatic hydroxyl groups is 1. The van der Waals surface area contributed by atoms with Crippen molar-refractivity contribution in [2.24, 2.45) is 0 Å². The maximum atomic E-state index is 11.8. The number of aromatic amines is 1. The summed E-state index contributed by atoms with van der Waals surface area (Å²) in [6, 6.07) is 1.51. The molecule has 1 aliphatic heterocycles. The number of hydrogen-bond acceptors (Lipinski definition) is 7. The molecule has 0 amide bonds. The van der Waals surface area contributed by atoms with Gasteiger partial charge in [0.15, 0.2) is 11.9 Å². The summed E-state index contributed by atoms with van der Waals surface area (Å²) in [5.41, 5.74) is 5.34. The number of nitrogens with one attached hydrogen (secondary N) is 1. The summed E-state index contributed by atoms with van der Waals surface area (Å²) in [5, 5.41) is 10.1. The summed E-state index contributed by atoms with van der Waals surface area (Å²) in [7, 11) is -4.68. The molecule has 0 saturated heterocycles. The van der Waals surface area contributed by atoms with Crippen molar-refractivity contribution in [3.63, 3.8) is 0 Å². The molecule has 6 N–H and O–H groups in total. The Morgan fingerprint density at radius 3 is 2.96 bits per heavy atom. The molecular formula is C11H13N4O7P. The van der Waals surface area contributed by atoms with Crippen LogP contribution in [0.1, 0.15) is 6.23 Å². The standard InChI is InChI=1S/C11H13N4O7P/c12-11-13-9-5(10(17)14-11)1-2-15(9)8-3-6(16)7(22-8)4-21-23(18,19)20/h1-3,7-8,16H,4H2,(H2,18,19,20)(H3,12,13,14,17). The van der Waals surface area contributed by atoms with E-state index in [1.807, 2.05) is 0 Å². The lowest BCUT2D eigenvalue weighted by Gasteiger charge is -2.16. The number of nitrogen functional groups attached to an aromatic ring is 1. The van der Waals surface area contributed by atoms with Gasteiger partial charge in [0, 0.05) is 12.3 Å². The number of nitrogens with zero attached hydrogens (tertiary/aromatic N) is 2. The summed E-state index contributed by atoms with van der Waals surface area (Å²) in [6.45, 7) is -0.529. The second-order valence-corrected chi connectivity index (χ2v) is 6.04. The zero-order chi connectivity index (χ0) is 16.8. The lowest BCUT2D eigenvalue weighted by Crippen LogP contribution is -2.20. The third-order valence-electron chi connectivity index (χ3n) is 3.22. The molecule has 11 nitrogen and oxygen atoms in total. The first-order valence-electron chi connectivity index (χ1n) is 6.37. The minimum absolute atomic E-state index is 0.0740. The van der Waals surface area contributed by atoms with Gasteiger partial charge in [-0.1, -0.05) is 0 Å². The zero-order valence-electron chi connectivity index (χ0n) is 11.5. The molecule has 0 saturated carbocycles. The molecular weight excluding hydrogens is 331 g/mol. The molecule has 1 aliphatic rings. The number of H-pyrrole nitrogens is 1. The fraction of sp³-hybridized carbons (Fsp3) is 0.273. The molecule has 0 bridgehead atoms. The number of ether oxygens (including phenoxy) is 1. The van der Waals surface area contributed by atoms with Crippen molar-refractivity contribution in [3.05, 3.63) is 34.5 Å². The fourth-order valence-corrected chi connectivity index (χ4v) is 2.56. The second kappa shape index (κ2) is 5.48. The van der Waals surface area contributed by atoms with Gasteiger partial charge in [-0.2, -0.15) is 4.98 Å². The van der Waals surface area contributed by atoms with Crippen LogP contribution in [0.5, 0.6) is 0 Å². The number of phosphoric ester groups is 1. The molecule has 12 heteroatoms. The van der Waals surface area contributed by atoms with Crippen molar-refractivity contribution in [3.8, 4) is 0 Å². The van der Waals surface area contributed by atoms with E-state index in [0.717, 1.165) is 0 Å². The number of anilines is 1. The average molecular weight is 344 g/mol. The summed E-state index contributed by atoms with van der Waals surface area (Å²) in [5.74, 6) is -0.321. The van der Waals surface area contributed by atoms with Crippen LogP contribution >= 0.6 is 7.82 Å². The van der Waals surface area contributed by atoms with Crippen LogP contribution in [0, 0.1) is 0 Å². The minimum Gasteiger partial charge on any atom is -0.510 e. The van der Waals surface area contributed by atoms with Crippen LogP contribution in [0.4, 0.5) is 5.95 Å². The van der Waals surface area contributed by atoms with Crippen molar-refractivity contribution in [2.45, 2.75) is 12.3 Å². The predicted molar refractivity (Wildman–Crippen MR) is 77.4 cm³/mol. The molecule has 2 unspecified atom stereocenters. The molecule has 2 atom stereocenters. The molecule has 0 radical (unpaired) electrons. The van der Waals surface area contributed by atoms with Crippen LogP contribution in [-0.2, 0) is 13.8 Å². The van der Waals surface area contributed by atoms with Crippen LogP contribution < -0.4 is 11.3 Å². The summed E-state index contributed by atoms with van der Waals surface area (Å²) in [4.78, 5) is 35.5. The molecule has 0 fully saturated rings. The highest BCUT2D eigenvalue weighted by Gasteiger charge is 2.31. The Kier molecular flexibility index (Phi) is 3.74. The molecule has 2 aromatic rings. The Hall–Kier alpha value is -2.17. The van der Waals surface area contributed by atoms with Gasteiger partial charge in [-0.25, -0.2) is 4.57 Å². The molecule has 3 heterocycles. The lowest BCUT2D eigenvalue weighted by molar-refractivity contribution is -0.0211. The average Bonchev–Trinajstić information content (AvgIpc) is 2.99. The molecule has 0 aliphatic carbocycles. The monoisotopic (exact) mass is 344 g/mol. The van der Waals surface area contributed by atoms with Gasteiger partial charge in [-0.15, -0.1) is 0 Å². The number of fused-ring (bicyclic) bond motifs is 1. The maximum Gasteiger partial charge on any atom is 0.469 e. The van der Waals surface area contributed by atoms with Crippen LogP contribution in [0.15, 0.2) is 28.9 Å². The van der Waals surface area contributed by atoms with E-state index < -0.39 is 32.3 Å². The van der Waals surface area contributed by atoms with Crippen LogP contribution in [0.2, 0.25) is 0 Å². The van der Waals surface area contributed by atoms with E-state index in [2.05, 4.69) is 14.5 Å². The quantitative estimate of drug-likeness (QED) is 0.469. The Morgan fingerprint density at radius 2 is 2.26 bits per heavy atom. The second-order valence-electron chi connectivity index (χ2n) is 4.80. The lowest BCUT2D eigenvalue weighted by atomic mass is 10.3. The summed E-state index contributed by atoms with van der Waals surface area (Å²) < 4.78 is 21.9. The van der Waals surface area contributed by atoms with Gasteiger partial charge in [0.05, 0.1) is 12.0 Å². The van der Waals surface area contributed by atoms with E-state index in [1.165, 1.54) is 22.9 Å². The van der Waals surface area contributed by atoms with E-state index in [9.17, 15) is 14.5 Å². The number of rotatable bonds is 4. The minimum atomic E-state index is -4.68. The molecule has 0 spiro atoms. The molecule has 0 aromatic carbocycles. The van der Waals surface area contributed by atoms with Gasteiger partial charge in [-0.3, -0.25) is 14.3 Å². The maximum absolute atomic E-state index is 11.8. The van der Waals surface area contributed by atoms with Crippen LogP contribution in [0.3, 0.4) is 0 Å². The van der Waals surface area contributed by atoms with E-state index in [-0.39, 0.29) is 22.7 Å². The highest BCUT2D eigenvalue weighted by Crippen LogP contribution is 2.38. The van der Waals surface area contributed by atoms with E-state index in [1.54, 1.807) is 0 Å². The highest BCUT2D eigenvalue weighted by atomic mass is 31.2. The number of nitrogens with two attached hydrogens (primary N) is 1. The summed E-state index contributed by atoms with van der Waals surface area (Å²) >= 11 is 0. The van der Waals surface area contributed by atoms with E-state index in [4.69, 9.17) is 20.3 Å². The number of aliphatic hydroxyl groups excluding tert-OH is 1. The molecule has 2 aromatic heterocycles. The first-order valence-corrected chi connectivity index (χ1v) is 7.90. The van der Waals surface area contributed by atoms with Crippen LogP contribution in [0.25, 0.3) is 11.0 Å². The summed E-state index contributed by atoms with van der Waals surface area (Å²) in [6.07, 6.45) is 0.954. The normalized spacial score (nSPS) is 21.7. The smallest absolute Gasteiger partial charge is 0.469 e. The van der Waals surface area contributed by atoms with E-state index >= 15 is 0 Å². The van der Waals surface area contributed by atoms with Gasteiger partial charge in [-0.05, 0) is 6.07 Å². The fourth-order valence-electron chi connectivity index (χ4n) is 2.23. The van der Waals surface area contributed by atoms with Gasteiger partial charge >= 0.3 is 7.82 Å². The Bertz CT molecular complexity index is 882. The number of hydrogen-bond donors (Lipinski definition) is 5. The highest BCUT2D eigenvalue weighted by molar-refractivity contribution is 7.46. The first-order chi connectivity index (χ1) is 10.7. The van der Waals surface area contributed by atoms with Crippen molar-refractivity contribution in [1.82, 2.24) is 14.5 Å². The number of aromatic nitrogens is 3. The molecule has 23 heavy (non-hydrogen) atoms. The topological polar surface area (TPSA) is 173 Å². The van der Waals surface area contributed by atoms with Crippen molar-refractivity contribution < 1.29 is 28.7 Å². The van der Waals surface area contributed by atoms with Gasteiger partial charge < -0.3 is 29.9 Å². The number of phosphoric acid groups is 1. The third-order valence-corrected chi connectivity index (χ3v) is 3.70. The Morgan fingerprint density at radius 1 is 1.52 bits per heavy atom. The Balaban J connectivity index is 1.87. The van der Waals surface area contributed by atoms with Gasteiger partial charge in [0.1, 0.15) is 11.9 Å². The SMILES string of the molecule is Nc1nc2c(ccn2C2C=C(O)C(COP(=O)(O)O)O2)c(=O)[nH]1. The first kappa shape index (κ1) is 15.7. The van der Waals surface area contributed by atoms with Crippen molar-refractivity contribution in [1.29, 1.82) is 0 Å². The third kappa shape index (κ3) is 3.14. The van der Waals surface area contributed by atoms with Crippen molar-refractivity contribution in [2.75, 3.05) is 12.3 Å². The van der Waals surface area contributed by atoms with Gasteiger partial charge in [0.2, 0.25) is 5.95 Å².